The molecule has 1 saturated heterocycles. The number of thiophene rings is 1. The quantitative estimate of drug-likeness (QED) is 0.680. The normalized spacial score (nSPS) is 17.9. The van der Waals surface area contributed by atoms with E-state index >= 15 is 0 Å². The lowest BCUT2D eigenvalue weighted by molar-refractivity contribution is 0.118. The third-order valence-electron chi connectivity index (χ3n) is 5.12. The third-order valence-corrected chi connectivity index (χ3v) is 8.34. The van der Waals surface area contributed by atoms with Gasteiger partial charge in [-0.25, -0.2) is 16.8 Å². The SMILES string of the molecule is CN1CCN([C@@H](CNc2ccc(S(C)(=O)=O)cc2S(C)(=O)=O)c2cccs2)CC1. The van der Waals surface area contributed by atoms with Crippen LogP contribution in [0.1, 0.15) is 10.9 Å². The van der Waals surface area contributed by atoms with Crippen LogP contribution in [0.3, 0.4) is 0 Å². The smallest absolute Gasteiger partial charge is 0.177 e. The monoisotopic (exact) mass is 457 g/mol. The number of anilines is 1. The summed E-state index contributed by atoms with van der Waals surface area (Å²) in [5, 5.41) is 5.32. The number of nitrogens with zero attached hydrogens (tertiary/aromatic N) is 2. The Kier molecular flexibility index (Phi) is 6.69. The maximum atomic E-state index is 12.3. The van der Waals surface area contributed by atoms with Gasteiger partial charge in [0, 0.05) is 50.1 Å². The van der Waals surface area contributed by atoms with Gasteiger partial charge in [-0.3, -0.25) is 4.90 Å². The van der Waals surface area contributed by atoms with E-state index in [1.807, 2.05) is 11.4 Å². The lowest BCUT2D eigenvalue weighted by Gasteiger charge is -2.38. The molecule has 0 saturated carbocycles. The van der Waals surface area contributed by atoms with E-state index in [2.05, 4.69) is 28.2 Å². The Hall–Kier alpha value is -1.46. The lowest BCUT2D eigenvalue weighted by atomic mass is 10.1. The second-order valence-corrected chi connectivity index (χ2v) is 12.4. The molecule has 1 atom stereocenters. The van der Waals surface area contributed by atoms with Crippen molar-refractivity contribution in [3.8, 4) is 0 Å². The fourth-order valence-corrected chi connectivity index (χ4v) is 5.88. The van der Waals surface area contributed by atoms with Crippen LogP contribution in [0.25, 0.3) is 0 Å². The summed E-state index contributed by atoms with van der Waals surface area (Å²) in [6.07, 6.45) is 2.17. The average molecular weight is 458 g/mol. The fraction of sp³-hybridized carbons (Fsp3) is 0.474. The van der Waals surface area contributed by atoms with Crippen LogP contribution < -0.4 is 5.32 Å². The summed E-state index contributed by atoms with van der Waals surface area (Å²) < 4.78 is 48.3. The van der Waals surface area contributed by atoms with Crippen molar-refractivity contribution < 1.29 is 16.8 Å². The van der Waals surface area contributed by atoms with Crippen LogP contribution in [0, 0.1) is 0 Å². The third kappa shape index (κ3) is 5.58. The van der Waals surface area contributed by atoms with Gasteiger partial charge in [-0.1, -0.05) is 6.07 Å². The van der Waals surface area contributed by atoms with Crippen molar-refractivity contribution >= 4 is 36.7 Å². The predicted octanol–water partition coefficient (Wildman–Crippen LogP) is 1.96. The largest absolute Gasteiger partial charge is 0.382 e. The molecule has 10 heteroatoms. The summed E-state index contributed by atoms with van der Waals surface area (Å²) >= 11 is 1.68. The van der Waals surface area contributed by atoms with Gasteiger partial charge in [-0.05, 0) is 36.7 Å². The van der Waals surface area contributed by atoms with Gasteiger partial charge in [-0.15, -0.1) is 11.3 Å². The highest BCUT2D eigenvalue weighted by molar-refractivity contribution is 7.91. The zero-order valence-corrected chi connectivity index (χ0v) is 19.3. The maximum Gasteiger partial charge on any atom is 0.177 e. The highest BCUT2D eigenvalue weighted by Crippen LogP contribution is 2.29. The highest BCUT2D eigenvalue weighted by atomic mass is 32.2. The number of benzene rings is 1. The molecule has 1 aromatic carbocycles. The van der Waals surface area contributed by atoms with E-state index in [1.54, 1.807) is 17.4 Å². The highest BCUT2D eigenvalue weighted by Gasteiger charge is 2.25. The molecule has 1 aliphatic heterocycles. The Balaban J connectivity index is 1.87. The lowest BCUT2D eigenvalue weighted by Crippen LogP contribution is -2.47. The van der Waals surface area contributed by atoms with Gasteiger partial charge in [0.25, 0.3) is 0 Å². The molecule has 1 N–H and O–H groups in total. The topological polar surface area (TPSA) is 86.8 Å². The average Bonchev–Trinajstić information content (AvgIpc) is 3.16. The van der Waals surface area contributed by atoms with E-state index in [0.717, 1.165) is 38.7 Å². The number of piperazine rings is 1. The van der Waals surface area contributed by atoms with Gasteiger partial charge in [0.2, 0.25) is 0 Å². The second kappa shape index (κ2) is 8.73. The fourth-order valence-electron chi connectivity index (χ4n) is 3.42. The number of hydrogen-bond acceptors (Lipinski definition) is 8. The van der Waals surface area contributed by atoms with Crippen LogP contribution in [0.15, 0.2) is 45.5 Å². The minimum absolute atomic E-state index is 0.00245. The standard InChI is InChI=1S/C19H27N3O4S3/c1-21-8-10-22(11-9-21)17(18-5-4-12-27-18)14-20-16-7-6-15(28(2,23)24)13-19(16)29(3,25)26/h4-7,12-13,17,20H,8-11,14H2,1-3H3/t17-/m0/s1. The molecule has 0 unspecified atom stereocenters. The number of likely N-dealkylation sites (N-methyl/N-ethyl adjacent to an activating group) is 1. The number of nitrogens with one attached hydrogen (secondary N) is 1. The van der Waals surface area contributed by atoms with Gasteiger partial charge in [0.1, 0.15) is 0 Å². The van der Waals surface area contributed by atoms with Crippen molar-refractivity contribution in [1.29, 1.82) is 0 Å². The Morgan fingerprint density at radius 3 is 2.28 bits per heavy atom. The zero-order chi connectivity index (χ0) is 21.2. The molecule has 7 nitrogen and oxygen atoms in total. The van der Waals surface area contributed by atoms with E-state index in [-0.39, 0.29) is 15.8 Å². The summed E-state index contributed by atoms with van der Waals surface area (Å²) in [7, 11) is -4.98. The molecule has 160 valence electrons. The summed E-state index contributed by atoms with van der Waals surface area (Å²) in [4.78, 5) is 5.92. The molecule has 0 amide bonds. The Morgan fingerprint density at radius 2 is 1.72 bits per heavy atom. The molecule has 3 rings (SSSR count). The Morgan fingerprint density at radius 1 is 1.03 bits per heavy atom. The van der Waals surface area contributed by atoms with Crippen LogP contribution >= 0.6 is 11.3 Å². The van der Waals surface area contributed by atoms with Crippen LogP contribution in [-0.2, 0) is 19.7 Å². The zero-order valence-electron chi connectivity index (χ0n) is 16.8. The van der Waals surface area contributed by atoms with Crippen molar-refractivity contribution in [2.24, 2.45) is 0 Å². The van der Waals surface area contributed by atoms with Gasteiger partial charge >= 0.3 is 0 Å². The molecule has 1 aliphatic rings. The molecule has 2 heterocycles. The molecule has 0 bridgehead atoms. The number of hydrogen-bond donors (Lipinski definition) is 1. The maximum absolute atomic E-state index is 12.3. The first kappa shape index (κ1) is 22.2. The van der Waals surface area contributed by atoms with Gasteiger partial charge < -0.3 is 10.2 Å². The van der Waals surface area contributed by atoms with Crippen LogP contribution in [0.2, 0.25) is 0 Å². The van der Waals surface area contributed by atoms with Crippen LogP contribution in [-0.4, -0.2) is 78.9 Å². The number of sulfone groups is 2. The molecule has 2 aromatic rings. The first-order valence-electron chi connectivity index (χ1n) is 9.30. The minimum atomic E-state index is -3.59. The summed E-state index contributed by atoms with van der Waals surface area (Å²) in [6.45, 7) is 4.38. The summed E-state index contributed by atoms with van der Waals surface area (Å²) in [6, 6.07) is 8.46. The second-order valence-electron chi connectivity index (χ2n) is 7.45. The minimum Gasteiger partial charge on any atom is -0.382 e. The van der Waals surface area contributed by atoms with Gasteiger partial charge in [-0.2, -0.15) is 0 Å². The molecule has 1 aromatic heterocycles. The van der Waals surface area contributed by atoms with Gasteiger partial charge in [0.05, 0.1) is 21.5 Å². The van der Waals surface area contributed by atoms with E-state index in [4.69, 9.17) is 0 Å². The summed E-state index contributed by atoms with van der Waals surface area (Å²) in [5.74, 6) is 0. The van der Waals surface area contributed by atoms with Crippen molar-refractivity contribution in [3.05, 3.63) is 40.6 Å². The molecular weight excluding hydrogens is 430 g/mol. The van der Waals surface area contributed by atoms with Crippen molar-refractivity contribution in [3.63, 3.8) is 0 Å². The van der Waals surface area contributed by atoms with Crippen molar-refractivity contribution in [1.82, 2.24) is 9.80 Å². The number of rotatable bonds is 7. The molecule has 0 radical (unpaired) electrons. The Labute approximate surface area is 177 Å². The predicted molar refractivity (Wildman–Crippen MR) is 117 cm³/mol. The van der Waals surface area contributed by atoms with Crippen molar-refractivity contribution in [2.45, 2.75) is 15.8 Å². The van der Waals surface area contributed by atoms with Crippen LogP contribution in [0.5, 0.6) is 0 Å². The molecule has 0 spiro atoms. The summed E-state index contributed by atoms with van der Waals surface area (Å²) in [5.41, 5.74) is 0.426. The van der Waals surface area contributed by atoms with E-state index in [0.29, 0.717) is 12.2 Å². The van der Waals surface area contributed by atoms with Crippen LogP contribution in [0.4, 0.5) is 5.69 Å². The van der Waals surface area contributed by atoms with E-state index < -0.39 is 19.7 Å². The first-order chi connectivity index (χ1) is 13.6. The van der Waals surface area contributed by atoms with E-state index in [1.165, 1.54) is 17.0 Å². The Bertz CT molecular complexity index is 1040. The van der Waals surface area contributed by atoms with Crippen molar-refractivity contribution in [2.75, 3.05) is 57.6 Å². The molecular formula is C19H27N3O4S3. The van der Waals surface area contributed by atoms with E-state index in [9.17, 15) is 16.8 Å². The molecule has 0 aliphatic carbocycles. The first-order valence-corrected chi connectivity index (χ1v) is 14.0. The molecule has 29 heavy (non-hydrogen) atoms. The molecule has 1 fully saturated rings. The van der Waals surface area contributed by atoms with Gasteiger partial charge in [0.15, 0.2) is 19.7 Å².